The molecular weight excluding hydrogens is 348 g/mol. The number of hydrogen-bond donors (Lipinski definition) is 1. The summed E-state index contributed by atoms with van der Waals surface area (Å²) in [6.07, 6.45) is 5.49. The van der Waals surface area contributed by atoms with Crippen molar-refractivity contribution in [3.8, 4) is 11.5 Å². The Labute approximate surface area is 156 Å². The van der Waals surface area contributed by atoms with Crippen LogP contribution in [0.1, 0.15) is 72.9 Å². The van der Waals surface area contributed by atoms with E-state index in [1.165, 1.54) is 19.4 Å². The molecule has 142 valence electrons. The number of aryl methyl sites for hydroxylation is 1. The Bertz CT molecular complexity index is 1010. The van der Waals surface area contributed by atoms with Gasteiger partial charge < -0.3 is 14.3 Å². The highest BCUT2D eigenvalue weighted by atomic mass is 16.5. The number of carbonyl (C=O) groups excluding carboxylic acids is 2. The molecule has 0 saturated heterocycles. The van der Waals surface area contributed by atoms with E-state index >= 15 is 0 Å². The maximum absolute atomic E-state index is 12.3. The van der Waals surface area contributed by atoms with E-state index in [2.05, 4.69) is 0 Å². The lowest BCUT2D eigenvalue weighted by Gasteiger charge is -2.34. The highest BCUT2D eigenvalue weighted by molar-refractivity contribution is 6.08. The molecule has 0 amide bonds. The van der Waals surface area contributed by atoms with Gasteiger partial charge in [0.15, 0.2) is 11.5 Å². The van der Waals surface area contributed by atoms with Crippen LogP contribution in [0.25, 0.3) is 11.0 Å². The van der Waals surface area contributed by atoms with Crippen LogP contribution >= 0.6 is 0 Å². The van der Waals surface area contributed by atoms with Crippen LogP contribution in [0.4, 0.5) is 0 Å². The standard InChI is InChI=1S/C21H22O6/c1-10-8-14(23)26-20-16(10)19(25)17(11(2)22)21-18(20)13(9-15(24)27-21)12-6-4-3-5-7-12/h8,12-13,25H,3-7,9H2,1-2H3. The van der Waals surface area contributed by atoms with Crippen molar-refractivity contribution in [3.05, 3.63) is 33.2 Å². The fraction of sp³-hybridized carbons (Fsp3) is 0.476. The number of phenols is 1. The topological polar surface area (TPSA) is 93.8 Å². The lowest BCUT2D eigenvalue weighted by atomic mass is 9.73. The van der Waals surface area contributed by atoms with Crippen LogP contribution in [0.5, 0.6) is 11.5 Å². The van der Waals surface area contributed by atoms with Gasteiger partial charge in [-0.1, -0.05) is 19.3 Å². The number of ketones is 1. The second kappa shape index (κ2) is 6.51. The van der Waals surface area contributed by atoms with Crippen molar-refractivity contribution in [2.24, 2.45) is 5.92 Å². The minimum Gasteiger partial charge on any atom is -0.506 e. The Kier molecular flexibility index (Phi) is 4.29. The molecule has 1 fully saturated rings. The van der Waals surface area contributed by atoms with Gasteiger partial charge in [-0.3, -0.25) is 9.59 Å². The molecule has 1 aromatic carbocycles. The largest absolute Gasteiger partial charge is 0.506 e. The zero-order valence-electron chi connectivity index (χ0n) is 15.5. The number of rotatable bonds is 2. The molecule has 1 atom stereocenters. The summed E-state index contributed by atoms with van der Waals surface area (Å²) in [6.45, 7) is 3.02. The summed E-state index contributed by atoms with van der Waals surface area (Å²) in [5.74, 6) is -0.984. The van der Waals surface area contributed by atoms with Crippen molar-refractivity contribution in [2.75, 3.05) is 0 Å². The lowest BCUT2D eigenvalue weighted by Crippen LogP contribution is -2.28. The molecule has 1 aromatic heterocycles. The smallest absolute Gasteiger partial charge is 0.336 e. The number of ether oxygens (including phenoxy) is 1. The van der Waals surface area contributed by atoms with Crippen LogP contribution in [-0.2, 0) is 4.79 Å². The Hall–Kier alpha value is -2.63. The highest BCUT2D eigenvalue weighted by Gasteiger charge is 2.40. The molecule has 1 saturated carbocycles. The van der Waals surface area contributed by atoms with Crippen LogP contribution in [-0.4, -0.2) is 16.9 Å². The van der Waals surface area contributed by atoms with Crippen LogP contribution in [0.15, 0.2) is 15.3 Å². The summed E-state index contributed by atoms with van der Waals surface area (Å²) in [4.78, 5) is 36.7. The molecule has 0 spiro atoms. The third kappa shape index (κ3) is 2.83. The van der Waals surface area contributed by atoms with E-state index in [1.54, 1.807) is 6.92 Å². The van der Waals surface area contributed by atoms with E-state index in [0.717, 1.165) is 25.7 Å². The Balaban J connectivity index is 2.09. The van der Waals surface area contributed by atoms with Crippen LogP contribution < -0.4 is 10.4 Å². The molecule has 1 N–H and O–H groups in total. The molecule has 2 aromatic rings. The minimum atomic E-state index is -0.531. The first-order chi connectivity index (χ1) is 12.9. The molecule has 1 unspecified atom stereocenters. The third-order valence-corrected chi connectivity index (χ3v) is 5.89. The fourth-order valence-corrected chi connectivity index (χ4v) is 4.71. The van der Waals surface area contributed by atoms with Crippen LogP contribution in [0.3, 0.4) is 0 Å². The van der Waals surface area contributed by atoms with Gasteiger partial charge in [-0.05, 0) is 38.2 Å². The van der Waals surface area contributed by atoms with E-state index in [9.17, 15) is 19.5 Å². The molecule has 6 nitrogen and oxygen atoms in total. The van der Waals surface area contributed by atoms with Gasteiger partial charge >= 0.3 is 11.6 Å². The van der Waals surface area contributed by atoms with Crippen molar-refractivity contribution in [3.63, 3.8) is 0 Å². The molecule has 2 heterocycles. The van der Waals surface area contributed by atoms with Gasteiger partial charge in [0.25, 0.3) is 0 Å². The molecule has 2 aliphatic rings. The number of esters is 1. The normalized spacial score (nSPS) is 20.4. The summed E-state index contributed by atoms with van der Waals surface area (Å²) in [7, 11) is 0. The van der Waals surface area contributed by atoms with Gasteiger partial charge in [0.05, 0.1) is 11.8 Å². The number of carbonyl (C=O) groups is 2. The quantitative estimate of drug-likeness (QED) is 0.372. The average Bonchev–Trinajstić information content (AvgIpc) is 2.60. The second-order valence-electron chi connectivity index (χ2n) is 7.66. The lowest BCUT2D eigenvalue weighted by molar-refractivity contribution is -0.136. The Morgan fingerprint density at radius 1 is 1.19 bits per heavy atom. The number of Topliss-reactive ketones (excluding diaryl/α,β-unsaturated/α-hetero) is 1. The maximum atomic E-state index is 12.3. The molecule has 6 heteroatoms. The first-order valence-electron chi connectivity index (χ1n) is 9.43. The van der Waals surface area contributed by atoms with Gasteiger partial charge in [-0.15, -0.1) is 0 Å². The summed E-state index contributed by atoms with van der Waals surface area (Å²) < 4.78 is 10.9. The fourth-order valence-electron chi connectivity index (χ4n) is 4.71. The van der Waals surface area contributed by atoms with Gasteiger partial charge in [-0.25, -0.2) is 4.79 Å². The van der Waals surface area contributed by atoms with E-state index < -0.39 is 17.4 Å². The number of phenolic OH excluding ortho intramolecular Hbond substituents is 1. The minimum absolute atomic E-state index is 0.0108. The molecule has 1 aliphatic heterocycles. The zero-order valence-corrected chi connectivity index (χ0v) is 15.5. The van der Waals surface area contributed by atoms with Gasteiger partial charge in [0, 0.05) is 17.5 Å². The number of aromatic hydroxyl groups is 1. The summed E-state index contributed by atoms with van der Waals surface area (Å²) >= 11 is 0. The van der Waals surface area contributed by atoms with Crippen molar-refractivity contribution in [1.29, 1.82) is 0 Å². The Morgan fingerprint density at radius 2 is 1.89 bits per heavy atom. The first kappa shape index (κ1) is 17.8. The second-order valence-corrected chi connectivity index (χ2v) is 7.66. The molecule has 1 aliphatic carbocycles. The first-order valence-corrected chi connectivity index (χ1v) is 9.43. The zero-order chi connectivity index (χ0) is 19.3. The molecule has 4 rings (SSSR count). The van der Waals surface area contributed by atoms with E-state index in [0.29, 0.717) is 16.5 Å². The van der Waals surface area contributed by atoms with Crippen molar-refractivity contribution >= 4 is 22.7 Å². The van der Waals surface area contributed by atoms with E-state index in [4.69, 9.17) is 9.15 Å². The predicted octanol–water partition coefficient (Wildman–Crippen LogP) is 3.98. The third-order valence-electron chi connectivity index (χ3n) is 5.89. The summed E-state index contributed by atoms with van der Waals surface area (Å²) in [5.41, 5.74) is 0.809. The molecule has 0 bridgehead atoms. The number of fused-ring (bicyclic) bond motifs is 3. The SMILES string of the molecule is CC(=O)c1c2c(c3oc(=O)cc(C)c3c1O)C(C1CCCCC1)CC(=O)O2. The average molecular weight is 370 g/mol. The van der Waals surface area contributed by atoms with Crippen molar-refractivity contribution in [2.45, 2.75) is 58.3 Å². The summed E-state index contributed by atoms with van der Waals surface area (Å²) in [6, 6.07) is 1.29. The van der Waals surface area contributed by atoms with E-state index in [-0.39, 0.29) is 40.9 Å². The Morgan fingerprint density at radius 3 is 2.56 bits per heavy atom. The highest BCUT2D eigenvalue weighted by Crippen LogP contribution is 2.51. The van der Waals surface area contributed by atoms with Gasteiger partial charge in [0.1, 0.15) is 16.9 Å². The van der Waals surface area contributed by atoms with Crippen LogP contribution in [0, 0.1) is 12.8 Å². The van der Waals surface area contributed by atoms with E-state index in [1.807, 2.05) is 0 Å². The number of hydrogen-bond acceptors (Lipinski definition) is 6. The van der Waals surface area contributed by atoms with Crippen LogP contribution in [0.2, 0.25) is 0 Å². The molecule has 0 radical (unpaired) electrons. The monoisotopic (exact) mass is 370 g/mol. The van der Waals surface area contributed by atoms with Crippen molar-refractivity contribution < 1.29 is 23.8 Å². The van der Waals surface area contributed by atoms with Gasteiger partial charge in [-0.2, -0.15) is 0 Å². The molecular formula is C21H22O6. The number of benzene rings is 1. The molecule has 27 heavy (non-hydrogen) atoms. The maximum Gasteiger partial charge on any atom is 0.336 e. The van der Waals surface area contributed by atoms with Gasteiger partial charge in [0.2, 0.25) is 0 Å². The predicted molar refractivity (Wildman–Crippen MR) is 98.5 cm³/mol. The summed E-state index contributed by atoms with van der Waals surface area (Å²) in [5, 5.41) is 11.1. The van der Waals surface area contributed by atoms with Crippen molar-refractivity contribution in [1.82, 2.24) is 0 Å².